The third-order valence-electron chi connectivity index (χ3n) is 8.24. The highest BCUT2D eigenvalue weighted by molar-refractivity contribution is 14.1. The predicted molar refractivity (Wildman–Crippen MR) is 158 cm³/mol. The molecule has 1 aliphatic carbocycles. The zero-order valence-electron chi connectivity index (χ0n) is 23.0. The molecule has 3 heterocycles. The Morgan fingerprint density at radius 3 is 2.73 bits per heavy atom. The number of hydrogen-bond donors (Lipinski definition) is 1. The first-order chi connectivity index (χ1) is 19.4. The standard InChI is InChI=1S/C30H38IN3O6/c1-2-38-29(36)25-17-21-18-34(25)28(35)26(20-10-6-3-7-11-20)33-30(37)39-14-8-4-5-9-19-15-23-22(24(31)16-19)12-13-32-27(23)40-21/h12-13,15-16,20-21,25-26H,2-11,14,17-18H2,1H3,(H,33,37)/t21-,25+,26+/m1/s1. The zero-order chi connectivity index (χ0) is 28.1. The van der Waals surface area contributed by atoms with Crippen LogP contribution in [0.15, 0.2) is 24.4 Å². The molecule has 216 valence electrons. The quantitative estimate of drug-likeness (QED) is 0.358. The predicted octanol–water partition coefficient (Wildman–Crippen LogP) is 5.15. The lowest BCUT2D eigenvalue weighted by Crippen LogP contribution is -2.55. The van der Waals surface area contributed by atoms with Gasteiger partial charge in [0.1, 0.15) is 18.2 Å². The number of benzene rings is 1. The summed E-state index contributed by atoms with van der Waals surface area (Å²) in [5.41, 5.74) is 1.19. The number of pyridine rings is 1. The number of alkyl carbamates (subject to hydrolysis) is 1. The second kappa shape index (κ2) is 13.4. The molecule has 1 saturated heterocycles. The van der Waals surface area contributed by atoms with Gasteiger partial charge < -0.3 is 24.4 Å². The maximum atomic E-state index is 14.1. The highest BCUT2D eigenvalue weighted by atomic mass is 127. The van der Waals surface area contributed by atoms with E-state index in [0.29, 0.717) is 18.9 Å². The van der Waals surface area contributed by atoms with E-state index in [-0.39, 0.29) is 25.0 Å². The lowest BCUT2D eigenvalue weighted by atomic mass is 9.83. The van der Waals surface area contributed by atoms with Gasteiger partial charge in [0.2, 0.25) is 11.8 Å². The Labute approximate surface area is 248 Å². The highest BCUT2D eigenvalue weighted by Gasteiger charge is 2.46. The summed E-state index contributed by atoms with van der Waals surface area (Å²) in [4.78, 5) is 46.1. The molecule has 0 radical (unpaired) electrons. The van der Waals surface area contributed by atoms with E-state index < -0.39 is 30.3 Å². The van der Waals surface area contributed by atoms with Crippen LogP contribution in [0, 0.1) is 9.49 Å². The molecule has 0 unspecified atom stereocenters. The molecule has 2 amide bonds. The van der Waals surface area contributed by atoms with Gasteiger partial charge in [-0.15, -0.1) is 0 Å². The normalized spacial score (nSPS) is 25.1. The van der Waals surface area contributed by atoms with Crippen molar-refractivity contribution in [1.82, 2.24) is 15.2 Å². The molecule has 2 fully saturated rings. The third-order valence-corrected chi connectivity index (χ3v) is 9.13. The number of ether oxygens (including phenoxy) is 3. The smallest absolute Gasteiger partial charge is 0.407 e. The van der Waals surface area contributed by atoms with Crippen LogP contribution >= 0.6 is 22.6 Å². The van der Waals surface area contributed by atoms with Crippen molar-refractivity contribution in [3.05, 3.63) is 33.5 Å². The summed E-state index contributed by atoms with van der Waals surface area (Å²) in [7, 11) is 0. The molecule has 40 heavy (non-hydrogen) atoms. The minimum Gasteiger partial charge on any atom is -0.472 e. The summed E-state index contributed by atoms with van der Waals surface area (Å²) in [6.07, 6.45) is 9.33. The molecule has 1 N–H and O–H groups in total. The van der Waals surface area contributed by atoms with Crippen molar-refractivity contribution >= 4 is 51.3 Å². The van der Waals surface area contributed by atoms with E-state index in [1.165, 1.54) is 5.56 Å². The first kappa shape index (κ1) is 28.9. The number of rotatable bonds is 3. The van der Waals surface area contributed by atoms with E-state index in [0.717, 1.165) is 72.1 Å². The van der Waals surface area contributed by atoms with E-state index in [2.05, 4.69) is 45.0 Å². The number of aryl methyl sites for hydroxylation is 1. The molecule has 5 rings (SSSR count). The fraction of sp³-hybridized carbons (Fsp3) is 0.600. The van der Waals surface area contributed by atoms with Crippen molar-refractivity contribution in [2.24, 2.45) is 5.92 Å². The number of aromatic nitrogens is 1. The van der Waals surface area contributed by atoms with Crippen LogP contribution in [0.2, 0.25) is 0 Å². The number of cyclic esters (lactones) is 1. The van der Waals surface area contributed by atoms with Crippen LogP contribution in [-0.4, -0.2) is 65.8 Å². The van der Waals surface area contributed by atoms with Gasteiger partial charge in [0.25, 0.3) is 0 Å². The topological polar surface area (TPSA) is 107 Å². The second-order valence-corrected chi connectivity index (χ2v) is 12.2. The molecule has 1 aromatic heterocycles. The molecular formula is C30H38IN3O6. The van der Waals surface area contributed by atoms with Crippen LogP contribution in [0.5, 0.6) is 5.88 Å². The monoisotopic (exact) mass is 663 g/mol. The largest absolute Gasteiger partial charge is 0.472 e. The molecule has 9 nitrogen and oxygen atoms in total. The maximum Gasteiger partial charge on any atom is 0.407 e. The second-order valence-electron chi connectivity index (χ2n) is 11.0. The number of amides is 2. The van der Waals surface area contributed by atoms with Crippen LogP contribution in [0.3, 0.4) is 0 Å². The van der Waals surface area contributed by atoms with Crippen LogP contribution in [-0.2, 0) is 25.5 Å². The van der Waals surface area contributed by atoms with Gasteiger partial charge in [-0.3, -0.25) is 4.79 Å². The fourth-order valence-corrected chi connectivity index (χ4v) is 7.09. The summed E-state index contributed by atoms with van der Waals surface area (Å²) in [5, 5.41) is 4.87. The fourth-order valence-electron chi connectivity index (χ4n) is 6.22. The van der Waals surface area contributed by atoms with E-state index in [1.807, 2.05) is 6.07 Å². The van der Waals surface area contributed by atoms with Gasteiger partial charge in [-0.25, -0.2) is 14.6 Å². The molecule has 1 saturated carbocycles. The molecular weight excluding hydrogens is 625 g/mol. The van der Waals surface area contributed by atoms with Crippen molar-refractivity contribution in [2.75, 3.05) is 19.8 Å². The number of nitrogens with zero attached hydrogens (tertiary/aromatic N) is 2. The minimum absolute atomic E-state index is 0.0116. The van der Waals surface area contributed by atoms with Crippen molar-refractivity contribution < 1.29 is 28.6 Å². The summed E-state index contributed by atoms with van der Waals surface area (Å²) in [5.74, 6) is -0.245. The van der Waals surface area contributed by atoms with Gasteiger partial charge in [-0.05, 0) is 97.7 Å². The first-order valence-corrected chi connectivity index (χ1v) is 15.7. The Kier molecular flexibility index (Phi) is 9.64. The van der Waals surface area contributed by atoms with Crippen LogP contribution in [0.4, 0.5) is 4.79 Å². The van der Waals surface area contributed by atoms with Gasteiger partial charge in [0, 0.05) is 27.0 Å². The minimum atomic E-state index is -0.797. The molecule has 2 aromatic rings. The van der Waals surface area contributed by atoms with Gasteiger partial charge >= 0.3 is 12.1 Å². The van der Waals surface area contributed by atoms with E-state index >= 15 is 0 Å². The van der Waals surface area contributed by atoms with Crippen LogP contribution in [0.1, 0.15) is 70.3 Å². The molecule has 3 aliphatic rings. The Hall–Kier alpha value is -2.63. The van der Waals surface area contributed by atoms with Crippen molar-refractivity contribution in [2.45, 2.75) is 89.3 Å². The number of esters is 1. The van der Waals surface area contributed by atoms with E-state index in [4.69, 9.17) is 14.2 Å². The lowest BCUT2D eigenvalue weighted by Gasteiger charge is -2.34. The number of carbonyl (C=O) groups excluding carboxylic acids is 3. The lowest BCUT2D eigenvalue weighted by molar-refractivity contribution is -0.154. The van der Waals surface area contributed by atoms with Gasteiger partial charge in [-0.1, -0.05) is 19.3 Å². The summed E-state index contributed by atoms with van der Waals surface area (Å²) in [6.45, 7) is 2.47. The van der Waals surface area contributed by atoms with Crippen molar-refractivity contribution in [3.8, 4) is 5.88 Å². The Morgan fingerprint density at radius 1 is 1.12 bits per heavy atom. The highest BCUT2D eigenvalue weighted by Crippen LogP contribution is 2.34. The van der Waals surface area contributed by atoms with Crippen LogP contribution < -0.4 is 10.1 Å². The SMILES string of the molecule is CCOC(=O)[C@@H]1C[C@@H]2CN1C(=O)[C@H](C1CCCCC1)NC(=O)OCCCCCc1cc(I)c3ccnc(c3c1)O2. The first-order valence-electron chi connectivity index (χ1n) is 14.6. The Balaban J connectivity index is 1.49. The summed E-state index contributed by atoms with van der Waals surface area (Å²) < 4.78 is 18.4. The molecule has 2 aliphatic heterocycles. The number of halogens is 1. The van der Waals surface area contributed by atoms with Gasteiger partial charge in [-0.2, -0.15) is 0 Å². The summed E-state index contributed by atoms with van der Waals surface area (Å²) >= 11 is 2.35. The molecule has 10 heteroatoms. The zero-order valence-corrected chi connectivity index (χ0v) is 25.2. The molecule has 3 atom stereocenters. The van der Waals surface area contributed by atoms with Gasteiger partial charge in [0.15, 0.2) is 0 Å². The Bertz CT molecular complexity index is 1230. The summed E-state index contributed by atoms with van der Waals surface area (Å²) in [6, 6.07) is 4.75. The van der Waals surface area contributed by atoms with E-state index in [1.54, 1.807) is 18.0 Å². The number of hydrogen-bond acceptors (Lipinski definition) is 7. The molecule has 0 spiro atoms. The Morgan fingerprint density at radius 2 is 1.93 bits per heavy atom. The average Bonchev–Trinajstić information content (AvgIpc) is 3.38. The van der Waals surface area contributed by atoms with Crippen LogP contribution in [0.25, 0.3) is 10.8 Å². The number of nitrogens with one attached hydrogen (secondary N) is 1. The van der Waals surface area contributed by atoms with Crippen molar-refractivity contribution in [3.63, 3.8) is 0 Å². The van der Waals surface area contributed by atoms with E-state index in [9.17, 15) is 14.4 Å². The van der Waals surface area contributed by atoms with Crippen molar-refractivity contribution in [1.29, 1.82) is 0 Å². The maximum absolute atomic E-state index is 14.1. The number of fused-ring (bicyclic) bond motifs is 3. The van der Waals surface area contributed by atoms with Gasteiger partial charge in [0.05, 0.1) is 19.8 Å². The molecule has 4 bridgehead atoms. The molecule has 1 aromatic carbocycles. The average molecular weight is 664 g/mol. The third kappa shape index (κ3) is 6.63. The number of carbonyl (C=O) groups is 3.